The number of aliphatic hydroxyl groups is 2. The van der Waals surface area contributed by atoms with Crippen molar-refractivity contribution in [2.75, 3.05) is 13.2 Å². The lowest BCUT2D eigenvalue weighted by Crippen LogP contribution is -2.23. The Kier molecular flexibility index (Phi) is 7.99. The van der Waals surface area contributed by atoms with Gasteiger partial charge in [-0.3, -0.25) is 9.59 Å². The molecule has 0 aromatic carbocycles. The van der Waals surface area contributed by atoms with Gasteiger partial charge in [-0.15, -0.1) is 0 Å². The van der Waals surface area contributed by atoms with Crippen LogP contribution in [0.1, 0.15) is 64.2 Å². The van der Waals surface area contributed by atoms with Crippen LogP contribution in [0.4, 0.5) is 0 Å². The van der Waals surface area contributed by atoms with Crippen molar-refractivity contribution in [2.24, 2.45) is 11.8 Å². The van der Waals surface area contributed by atoms with Gasteiger partial charge in [-0.2, -0.15) is 0 Å². The fourth-order valence-electron chi connectivity index (χ4n) is 3.49. The predicted molar refractivity (Wildman–Crippen MR) is 87.1 cm³/mol. The van der Waals surface area contributed by atoms with Crippen molar-refractivity contribution in [1.82, 2.24) is 0 Å². The third kappa shape index (κ3) is 7.18. The summed E-state index contributed by atoms with van der Waals surface area (Å²) in [6.07, 6.45) is 5.96. The Labute approximate surface area is 143 Å². The highest BCUT2D eigenvalue weighted by Crippen LogP contribution is 2.24. The number of esters is 2. The third-order valence-corrected chi connectivity index (χ3v) is 5.14. The molecule has 0 saturated carbocycles. The molecule has 2 saturated heterocycles. The molecule has 0 radical (unpaired) electrons. The molecule has 2 aliphatic heterocycles. The van der Waals surface area contributed by atoms with E-state index in [-0.39, 0.29) is 11.9 Å². The van der Waals surface area contributed by atoms with Crippen LogP contribution < -0.4 is 0 Å². The number of hydrogen-bond donors (Lipinski definition) is 2. The number of aliphatic hydroxyl groups excluding tert-OH is 2. The van der Waals surface area contributed by atoms with Crippen molar-refractivity contribution in [3.63, 3.8) is 0 Å². The molecule has 2 heterocycles. The molecule has 2 rings (SSSR count). The van der Waals surface area contributed by atoms with Crippen LogP contribution in [0.25, 0.3) is 0 Å². The molecule has 24 heavy (non-hydrogen) atoms. The van der Waals surface area contributed by atoms with E-state index >= 15 is 0 Å². The minimum atomic E-state index is -0.428. The lowest BCUT2D eigenvalue weighted by molar-refractivity contribution is -0.150. The first-order chi connectivity index (χ1) is 11.5. The molecule has 0 aliphatic carbocycles. The molecule has 6 nitrogen and oxygen atoms in total. The van der Waals surface area contributed by atoms with E-state index in [1.54, 1.807) is 0 Å². The number of carbonyl (C=O) groups is 2. The SMILES string of the molecule is O=C1CC(CCC(O)CCC(O)CCC2CCOC(=O)C2)CCO1. The van der Waals surface area contributed by atoms with E-state index in [2.05, 4.69) is 0 Å². The molecule has 0 spiro atoms. The molecule has 138 valence electrons. The highest BCUT2D eigenvalue weighted by atomic mass is 16.5. The van der Waals surface area contributed by atoms with Crippen molar-refractivity contribution in [3.8, 4) is 0 Å². The zero-order valence-electron chi connectivity index (χ0n) is 14.3. The van der Waals surface area contributed by atoms with Gasteiger partial charge in [0, 0.05) is 12.8 Å². The fraction of sp³-hybridized carbons (Fsp3) is 0.889. The highest BCUT2D eigenvalue weighted by molar-refractivity contribution is 5.70. The lowest BCUT2D eigenvalue weighted by Gasteiger charge is -2.23. The molecular formula is C18H30O6. The molecular weight excluding hydrogens is 312 g/mol. The lowest BCUT2D eigenvalue weighted by atomic mass is 9.90. The summed E-state index contributed by atoms with van der Waals surface area (Å²) in [5.74, 6) is 0.360. The Balaban J connectivity index is 1.53. The van der Waals surface area contributed by atoms with Crippen molar-refractivity contribution in [2.45, 2.75) is 76.4 Å². The molecule has 4 unspecified atom stereocenters. The summed E-state index contributed by atoms with van der Waals surface area (Å²) >= 11 is 0. The average Bonchev–Trinajstić information content (AvgIpc) is 2.56. The van der Waals surface area contributed by atoms with Gasteiger partial charge in [0.25, 0.3) is 0 Å². The normalized spacial score (nSPS) is 27.2. The second-order valence-corrected chi connectivity index (χ2v) is 7.20. The monoisotopic (exact) mass is 342 g/mol. The molecule has 2 N–H and O–H groups in total. The van der Waals surface area contributed by atoms with Crippen LogP contribution in [-0.4, -0.2) is 47.6 Å². The van der Waals surface area contributed by atoms with Crippen LogP contribution in [0, 0.1) is 11.8 Å². The van der Waals surface area contributed by atoms with Crippen LogP contribution in [-0.2, 0) is 19.1 Å². The van der Waals surface area contributed by atoms with E-state index in [0.29, 0.717) is 63.6 Å². The van der Waals surface area contributed by atoms with Gasteiger partial charge in [0.1, 0.15) is 0 Å². The maximum absolute atomic E-state index is 11.2. The van der Waals surface area contributed by atoms with Crippen LogP contribution in [0.2, 0.25) is 0 Å². The highest BCUT2D eigenvalue weighted by Gasteiger charge is 2.23. The summed E-state index contributed by atoms with van der Waals surface area (Å²) in [6, 6.07) is 0. The number of cyclic esters (lactones) is 2. The molecule has 0 amide bonds. The Morgan fingerprint density at radius 3 is 1.58 bits per heavy atom. The predicted octanol–water partition coefficient (Wildman–Crippen LogP) is 1.96. The molecule has 0 bridgehead atoms. The number of hydrogen-bond acceptors (Lipinski definition) is 6. The first kappa shape index (κ1) is 19.2. The fourth-order valence-corrected chi connectivity index (χ4v) is 3.49. The number of ether oxygens (including phenoxy) is 2. The van der Waals surface area contributed by atoms with E-state index in [1.165, 1.54) is 0 Å². The Bertz CT molecular complexity index is 372. The van der Waals surface area contributed by atoms with E-state index in [1.807, 2.05) is 0 Å². The van der Waals surface area contributed by atoms with Crippen LogP contribution in [0.5, 0.6) is 0 Å². The average molecular weight is 342 g/mol. The number of rotatable bonds is 9. The summed E-state index contributed by atoms with van der Waals surface area (Å²) in [4.78, 5) is 22.4. The summed E-state index contributed by atoms with van der Waals surface area (Å²) < 4.78 is 9.83. The summed E-state index contributed by atoms with van der Waals surface area (Å²) in [5, 5.41) is 20.1. The van der Waals surface area contributed by atoms with Gasteiger partial charge in [-0.05, 0) is 63.2 Å². The zero-order valence-corrected chi connectivity index (χ0v) is 14.3. The first-order valence-electron chi connectivity index (χ1n) is 9.20. The van der Waals surface area contributed by atoms with Crippen molar-refractivity contribution in [3.05, 3.63) is 0 Å². The van der Waals surface area contributed by atoms with Crippen molar-refractivity contribution < 1.29 is 29.3 Å². The van der Waals surface area contributed by atoms with Gasteiger partial charge in [-0.1, -0.05) is 0 Å². The first-order valence-corrected chi connectivity index (χ1v) is 9.20. The van der Waals surface area contributed by atoms with E-state index < -0.39 is 12.2 Å². The van der Waals surface area contributed by atoms with Gasteiger partial charge in [-0.25, -0.2) is 0 Å². The van der Waals surface area contributed by atoms with E-state index in [9.17, 15) is 19.8 Å². The second kappa shape index (κ2) is 9.99. The van der Waals surface area contributed by atoms with Crippen LogP contribution >= 0.6 is 0 Å². The number of carbonyl (C=O) groups excluding carboxylic acids is 2. The molecule has 0 aromatic heterocycles. The Morgan fingerprint density at radius 2 is 1.21 bits per heavy atom. The van der Waals surface area contributed by atoms with Gasteiger partial charge in [0.2, 0.25) is 0 Å². The maximum Gasteiger partial charge on any atom is 0.306 e. The third-order valence-electron chi connectivity index (χ3n) is 5.14. The maximum atomic E-state index is 11.2. The minimum Gasteiger partial charge on any atom is -0.466 e. The molecule has 2 aliphatic rings. The smallest absolute Gasteiger partial charge is 0.306 e. The second-order valence-electron chi connectivity index (χ2n) is 7.20. The summed E-state index contributed by atoms with van der Waals surface area (Å²) in [7, 11) is 0. The summed E-state index contributed by atoms with van der Waals surface area (Å²) in [5.41, 5.74) is 0. The Morgan fingerprint density at radius 1 is 0.792 bits per heavy atom. The van der Waals surface area contributed by atoms with Crippen LogP contribution in [0.15, 0.2) is 0 Å². The molecule has 6 heteroatoms. The topological polar surface area (TPSA) is 93.1 Å². The van der Waals surface area contributed by atoms with Gasteiger partial charge < -0.3 is 19.7 Å². The summed E-state index contributed by atoms with van der Waals surface area (Å²) in [6.45, 7) is 0.986. The van der Waals surface area contributed by atoms with Crippen LogP contribution in [0.3, 0.4) is 0 Å². The zero-order chi connectivity index (χ0) is 17.4. The van der Waals surface area contributed by atoms with Gasteiger partial charge >= 0.3 is 11.9 Å². The quantitative estimate of drug-likeness (QED) is 0.622. The van der Waals surface area contributed by atoms with Gasteiger partial charge in [0.05, 0.1) is 25.4 Å². The van der Waals surface area contributed by atoms with Gasteiger partial charge in [0.15, 0.2) is 0 Å². The standard InChI is InChI=1S/C18H30O6/c19-15(3-1-13-7-9-23-17(21)11-13)5-6-16(20)4-2-14-8-10-24-18(22)12-14/h13-16,19-20H,1-12H2. The van der Waals surface area contributed by atoms with E-state index in [0.717, 1.165) is 25.7 Å². The molecule has 2 fully saturated rings. The van der Waals surface area contributed by atoms with E-state index in [4.69, 9.17) is 9.47 Å². The van der Waals surface area contributed by atoms with Crippen molar-refractivity contribution in [1.29, 1.82) is 0 Å². The molecule has 4 atom stereocenters. The Hall–Kier alpha value is -1.14. The minimum absolute atomic E-state index is 0.136. The van der Waals surface area contributed by atoms with Crippen molar-refractivity contribution >= 4 is 11.9 Å². The largest absolute Gasteiger partial charge is 0.466 e. The molecule has 0 aromatic rings.